The lowest BCUT2D eigenvalue weighted by molar-refractivity contribution is 0.419. The van der Waals surface area contributed by atoms with E-state index in [1.807, 2.05) is 12.1 Å². The molecule has 0 atom stereocenters. The summed E-state index contributed by atoms with van der Waals surface area (Å²) in [6.45, 7) is 0.298. The van der Waals surface area contributed by atoms with Crippen molar-refractivity contribution in [2.24, 2.45) is 0 Å². The average Bonchev–Trinajstić information content (AvgIpc) is 2.79. The third-order valence-corrected chi connectivity index (χ3v) is 3.32. The van der Waals surface area contributed by atoms with Crippen molar-refractivity contribution in [3.63, 3.8) is 0 Å². The lowest BCUT2D eigenvalue weighted by Gasteiger charge is -2.07. The third-order valence-electron chi connectivity index (χ3n) is 3.32. The lowest BCUT2D eigenvalue weighted by atomic mass is 10.2. The summed E-state index contributed by atoms with van der Waals surface area (Å²) in [4.78, 5) is 4.27. The van der Waals surface area contributed by atoms with Crippen LogP contribution in [0.4, 0.5) is 14.7 Å². The van der Waals surface area contributed by atoms with Crippen molar-refractivity contribution < 1.29 is 13.5 Å². The van der Waals surface area contributed by atoms with Gasteiger partial charge in [-0.1, -0.05) is 12.1 Å². The summed E-state index contributed by atoms with van der Waals surface area (Å²) in [6, 6.07) is 9.23. The van der Waals surface area contributed by atoms with Crippen LogP contribution in [-0.4, -0.2) is 16.7 Å². The molecule has 0 aliphatic carbocycles. The SMILES string of the molecule is COc1cccc2c1nc(N)n2Cc1ccc(F)c(F)c1. The molecule has 0 aliphatic rings. The number of fused-ring (bicyclic) bond motifs is 1. The summed E-state index contributed by atoms with van der Waals surface area (Å²) in [6.07, 6.45) is 0. The molecule has 0 amide bonds. The van der Waals surface area contributed by atoms with Gasteiger partial charge in [0.05, 0.1) is 19.2 Å². The van der Waals surface area contributed by atoms with E-state index in [1.165, 1.54) is 6.07 Å². The van der Waals surface area contributed by atoms with E-state index in [1.54, 1.807) is 17.7 Å². The predicted octanol–water partition coefficient (Wildman–Crippen LogP) is 2.95. The molecule has 0 radical (unpaired) electrons. The van der Waals surface area contributed by atoms with Crippen LogP contribution >= 0.6 is 0 Å². The van der Waals surface area contributed by atoms with Crippen LogP contribution in [-0.2, 0) is 6.54 Å². The number of para-hydroxylation sites is 1. The summed E-state index contributed by atoms with van der Waals surface area (Å²) in [7, 11) is 1.55. The number of hydrogen-bond donors (Lipinski definition) is 1. The van der Waals surface area contributed by atoms with Crippen LogP contribution in [0, 0.1) is 11.6 Å². The van der Waals surface area contributed by atoms with Crippen LogP contribution in [0.15, 0.2) is 36.4 Å². The highest BCUT2D eigenvalue weighted by molar-refractivity contribution is 5.84. The molecule has 0 fully saturated rings. The normalized spacial score (nSPS) is 11.0. The van der Waals surface area contributed by atoms with Crippen LogP contribution in [0.3, 0.4) is 0 Å². The van der Waals surface area contributed by atoms with Crippen molar-refractivity contribution >= 4 is 17.0 Å². The zero-order valence-corrected chi connectivity index (χ0v) is 11.3. The van der Waals surface area contributed by atoms with Crippen molar-refractivity contribution in [1.29, 1.82) is 0 Å². The second-order valence-electron chi connectivity index (χ2n) is 4.63. The minimum atomic E-state index is -0.881. The predicted molar refractivity (Wildman–Crippen MR) is 76.2 cm³/mol. The Balaban J connectivity index is 2.08. The Kier molecular flexibility index (Phi) is 3.21. The van der Waals surface area contributed by atoms with Gasteiger partial charge in [0.2, 0.25) is 5.95 Å². The van der Waals surface area contributed by atoms with E-state index in [0.717, 1.165) is 17.6 Å². The number of rotatable bonds is 3. The molecule has 2 N–H and O–H groups in total. The van der Waals surface area contributed by atoms with Gasteiger partial charge in [0.15, 0.2) is 11.6 Å². The number of anilines is 1. The fourth-order valence-corrected chi connectivity index (χ4v) is 2.29. The fraction of sp³-hybridized carbons (Fsp3) is 0.133. The number of nitrogens with two attached hydrogens (primary N) is 1. The maximum Gasteiger partial charge on any atom is 0.201 e. The zero-order chi connectivity index (χ0) is 15.0. The van der Waals surface area contributed by atoms with Crippen LogP contribution in [0.25, 0.3) is 11.0 Å². The summed E-state index contributed by atoms with van der Waals surface area (Å²) in [5.74, 6) is -0.848. The van der Waals surface area contributed by atoms with Crippen molar-refractivity contribution in [3.05, 3.63) is 53.6 Å². The Bertz CT molecular complexity index is 814. The minimum Gasteiger partial charge on any atom is -0.494 e. The molecule has 6 heteroatoms. The first-order valence-electron chi connectivity index (χ1n) is 6.33. The van der Waals surface area contributed by atoms with E-state index in [0.29, 0.717) is 29.3 Å². The molecular weight excluding hydrogens is 276 g/mol. The number of nitrogen functional groups attached to an aromatic ring is 1. The summed E-state index contributed by atoms with van der Waals surface area (Å²) < 4.78 is 33.2. The number of benzene rings is 2. The standard InChI is InChI=1S/C15H13F2N3O/c1-21-13-4-2-3-12-14(13)19-15(18)20(12)8-9-5-6-10(16)11(17)7-9/h2-7H,8H2,1H3,(H2,18,19). The average molecular weight is 289 g/mol. The molecule has 0 spiro atoms. The second kappa shape index (κ2) is 5.05. The van der Waals surface area contributed by atoms with Crippen LogP contribution in [0.1, 0.15) is 5.56 Å². The lowest BCUT2D eigenvalue weighted by Crippen LogP contribution is -2.05. The largest absolute Gasteiger partial charge is 0.494 e. The van der Waals surface area contributed by atoms with E-state index in [4.69, 9.17) is 10.5 Å². The van der Waals surface area contributed by atoms with Crippen molar-refractivity contribution in [2.75, 3.05) is 12.8 Å². The van der Waals surface area contributed by atoms with Crippen LogP contribution in [0.2, 0.25) is 0 Å². The van der Waals surface area contributed by atoms with Gasteiger partial charge in [0, 0.05) is 0 Å². The maximum absolute atomic E-state index is 13.3. The molecule has 0 saturated carbocycles. The number of ether oxygens (including phenoxy) is 1. The van der Waals surface area contributed by atoms with Gasteiger partial charge in [-0.25, -0.2) is 13.8 Å². The monoisotopic (exact) mass is 289 g/mol. The smallest absolute Gasteiger partial charge is 0.201 e. The zero-order valence-electron chi connectivity index (χ0n) is 11.3. The Morgan fingerprint density at radius 3 is 2.71 bits per heavy atom. The first-order chi connectivity index (χ1) is 10.1. The van der Waals surface area contributed by atoms with Crippen LogP contribution in [0.5, 0.6) is 5.75 Å². The Labute approximate surface area is 119 Å². The first kappa shape index (κ1) is 13.4. The number of halogens is 2. The van der Waals surface area contributed by atoms with Crippen LogP contribution < -0.4 is 10.5 Å². The molecule has 0 bridgehead atoms. The third kappa shape index (κ3) is 2.29. The number of nitrogens with zero attached hydrogens (tertiary/aromatic N) is 2. The summed E-state index contributed by atoms with van der Waals surface area (Å²) in [5.41, 5.74) is 7.93. The van der Waals surface area contributed by atoms with E-state index in [2.05, 4.69) is 4.98 Å². The highest BCUT2D eigenvalue weighted by atomic mass is 19.2. The van der Waals surface area contributed by atoms with E-state index < -0.39 is 11.6 Å². The molecule has 0 aliphatic heterocycles. The summed E-state index contributed by atoms with van der Waals surface area (Å²) in [5, 5.41) is 0. The molecule has 21 heavy (non-hydrogen) atoms. The molecule has 3 aromatic rings. The molecule has 0 unspecified atom stereocenters. The van der Waals surface area contributed by atoms with Crippen molar-refractivity contribution in [2.45, 2.75) is 6.54 Å². The molecule has 2 aromatic carbocycles. The summed E-state index contributed by atoms with van der Waals surface area (Å²) >= 11 is 0. The number of hydrogen-bond acceptors (Lipinski definition) is 3. The number of methoxy groups -OCH3 is 1. The Morgan fingerprint density at radius 2 is 2.00 bits per heavy atom. The highest BCUT2D eigenvalue weighted by Crippen LogP contribution is 2.27. The molecule has 0 saturated heterocycles. The van der Waals surface area contributed by atoms with Gasteiger partial charge in [-0.05, 0) is 29.8 Å². The maximum atomic E-state index is 13.3. The number of imidazole rings is 1. The van der Waals surface area contributed by atoms with Gasteiger partial charge in [-0.15, -0.1) is 0 Å². The van der Waals surface area contributed by atoms with Gasteiger partial charge in [-0.2, -0.15) is 0 Å². The van der Waals surface area contributed by atoms with Crippen molar-refractivity contribution in [1.82, 2.24) is 9.55 Å². The van der Waals surface area contributed by atoms with Gasteiger partial charge in [-0.3, -0.25) is 0 Å². The van der Waals surface area contributed by atoms with Gasteiger partial charge < -0.3 is 15.0 Å². The van der Waals surface area contributed by atoms with E-state index >= 15 is 0 Å². The Hall–Kier alpha value is -2.63. The minimum absolute atomic E-state index is 0.291. The van der Waals surface area contributed by atoms with Gasteiger partial charge >= 0.3 is 0 Å². The molecule has 1 heterocycles. The van der Waals surface area contributed by atoms with Crippen molar-refractivity contribution in [3.8, 4) is 5.75 Å². The second-order valence-corrected chi connectivity index (χ2v) is 4.63. The Morgan fingerprint density at radius 1 is 1.19 bits per heavy atom. The van der Waals surface area contributed by atoms with Gasteiger partial charge in [0.1, 0.15) is 11.3 Å². The highest BCUT2D eigenvalue weighted by Gasteiger charge is 2.13. The fourth-order valence-electron chi connectivity index (χ4n) is 2.29. The molecule has 3 rings (SSSR count). The van der Waals surface area contributed by atoms with Gasteiger partial charge in [0.25, 0.3) is 0 Å². The topological polar surface area (TPSA) is 53.1 Å². The van der Waals surface area contributed by atoms with E-state index in [9.17, 15) is 8.78 Å². The van der Waals surface area contributed by atoms with E-state index in [-0.39, 0.29) is 0 Å². The molecule has 4 nitrogen and oxygen atoms in total. The molecule has 108 valence electrons. The first-order valence-corrected chi connectivity index (χ1v) is 6.33. The number of aromatic nitrogens is 2. The molecule has 1 aromatic heterocycles. The quantitative estimate of drug-likeness (QED) is 0.806. The molecular formula is C15H13F2N3O.